The van der Waals surface area contributed by atoms with Crippen LogP contribution in [0, 0.1) is 0 Å². The van der Waals surface area contributed by atoms with Gasteiger partial charge in [-0.15, -0.1) is 11.3 Å². The fraction of sp³-hybridized carbons (Fsp3) is 0.176. The normalized spacial score (nSPS) is 10.8. The van der Waals surface area contributed by atoms with E-state index in [2.05, 4.69) is 4.98 Å². The molecule has 3 aromatic rings. The minimum absolute atomic E-state index is 0.0709. The maximum Gasteiger partial charge on any atom is 0.227 e. The van der Waals surface area contributed by atoms with Crippen LogP contribution in [0.1, 0.15) is 10.6 Å². The molecule has 2 aromatic carbocycles. The van der Waals surface area contributed by atoms with Gasteiger partial charge in [-0.3, -0.25) is 4.79 Å². The second kappa shape index (κ2) is 6.46. The molecular formula is C17H15ClN2OS. The molecule has 1 aromatic heterocycles. The Hall–Kier alpha value is -1.91. The zero-order valence-corrected chi connectivity index (χ0v) is 13.7. The van der Waals surface area contributed by atoms with Gasteiger partial charge in [-0.25, -0.2) is 4.98 Å². The molecule has 0 aliphatic rings. The van der Waals surface area contributed by atoms with E-state index in [1.165, 1.54) is 0 Å². The van der Waals surface area contributed by atoms with E-state index >= 15 is 0 Å². The summed E-state index contributed by atoms with van der Waals surface area (Å²) in [6, 6.07) is 15.4. The SMILES string of the molecule is CN(Cc1nc2ccccc2s1)C(=O)Cc1ccc(Cl)cc1. The molecule has 1 amide bonds. The van der Waals surface area contributed by atoms with Crippen molar-refractivity contribution in [1.82, 2.24) is 9.88 Å². The highest BCUT2D eigenvalue weighted by Gasteiger charge is 2.12. The first-order valence-electron chi connectivity index (χ1n) is 6.94. The molecule has 0 saturated carbocycles. The number of carbonyl (C=O) groups excluding carboxylic acids is 1. The first-order chi connectivity index (χ1) is 10.6. The van der Waals surface area contributed by atoms with E-state index < -0.39 is 0 Å². The maximum absolute atomic E-state index is 12.3. The number of nitrogens with zero attached hydrogens (tertiary/aromatic N) is 2. The zero-order chi connectivity index (χ0) is 15.5. The molecule has 0 spiro atoms. The van der Waals surface area contributed by atoms with E-state index in [0.717, 1.165) is 20.8 Å². The Morgan fingerprint density at radius 1 is 1.18 bits per heavy atom. The minimum atomic E-state index is 0.0709. The second-order valence-corrected chi connectivity index (χ2v) is 6.68. The predicted octanol–water partition coefficient (Wildman–Crippen LogP) is 4.15. The highest BCUT2D eigenvalue weighted by molar-refractivity contribution is 7.18. The molecule has 3 nitrogen and oxygen atoms in total. The van der Waals surface area contributed by atoms with Crippen LogP contribution in [0.15, 0.2) is 48.5 Å². The third kappa shape index (κ3) is 3.46. The van der Waals surface area contributed by atoms with Gasteiger partial charge in [-0.2, -0.15) is 0 Å². The summed E-state index contributed by atoms with van der Waals surface area (Å²) >= 11 is 7.48. The minimum Gasteiger partial charge on any atom is -0.339 e. The number of carbonyl (C=O) groups is 1. The molecule has 22 heavy (non-hydrogen) atoms. The largest absolute Gasteiger partial charge is 0.339 e. The Balaban J connectivity index is 1.66. The van der Waals surface area contributed by atoms with Gasteiger partial charge < -0.3 is 4.90 Å². The average Bonchev–Trinajstić information content (AvgIpc) is 2.91. The molecule has 0 radical (unpaired) electrons. The Labute approximate surface area is 138 Å². The summed E-state index contributed by atoms with van der Waals surface area (Å²) in [7, 11) is 1.81. The molecule has 1 heterocycles. The van der Waals surface area contributed by atoms with E-state index in [1.54, 1.807) is 28.4 Å². The summed E-state index contributed by atoms with van der Waals surface area (Å²) in [5.74, 6) is 0.0709. The number of aromatic nitrogens is 1. The molecule has 0 fully saturated rings. The summed E-state index contributed by atoms with van der Waals surface area (Å²) in [6.45, 7) is 0.534. The van der Waals surface area contributed by atoms with Gasteiger partial charge >= 0.3 is 0 Å². The van der Waals surface area contributed by atoms with Crippen LogP contribution < -0.4 is 0 Å². The number of likely N-dealkylation sites (N-methyl/N-ethyl adjacent to an activating group) is 1. The van der Waals surface area contributed by atoms with Crippen LogP contribution >= 0.6 is 22.9 Å². The average molecular weight is 331 g/mol. The van der Waals surface area contributed by atoms with E-state index in [0.29, 0.717) is 18.0 Å². The van der Waals surface area contributed by atoms with Crippen LogP contribution in [0.5, 0.6) is 0 Å². The first-order valence-corrected chi connectivity index (χ1v) is 8.14. The lowest BCUT2D eigenvalue weighted by molar-refractivity contribution is -0.129. The number of hydrogen-bond acceptors (Lipinski definition) is 3. The van der Waals surface area contributed by atoms with Crippen molar-refractivity contribution in [2.45, 2.75) is 13.0 Å². The fourth-order valence-corrected chi connectivity index (χ4v) is 3.34. The monoisotopic (exact) mass is 330 g/mol. The van der Waals surface area contributed by atoms with Gasteiger partial charge in [-0.05, 0) is 29.8 Å². The molecule has 0 aliphatic heterocycles. The van der Waals surface area contributed by atoms with Gasteiger partial charge in [-0.1, -0.05) is 35.9 Å². The molecule has 0 atom stereocenters. The van der Waals surface area contributed by atoms with E-state index in [1.807, 2.05) is 43.4 Å². The third-order valence-electron chi connectivity index (χ3n) is 3.40. The Kier molecular flexibility index (Phi) is 4.41. The number of para-hydroxylation sites is 1. The zero-order valence-electron chi connectivity index (χ0n) is 12.1. The van der Waals surface area contributed by atoms with Crippen LogP contribution in [0.25, 0.3) is 10.2 Å². The quantitative estimate of drug-likeness (QED) is 0.720. The van der Waals surface area contributed by atoms with Crippen molar-refractivity contribution in [3.05, 3.63) is 64.1 Å². The van der Waals surface area contributed by atoms with Crippen LogP contribution in [-0.4, -0.2) is 22.8 Å². The van der Waals surface area contributed by atoms with Crippen LogP contribution in [0.3, 0.4) is 0 Å². The summed E-state index contributed by atoms with van der Waals surface area (Å²) in [5, 5.41) is 1.63. The summed E-state index contributed by atoms with van der Waals surface area (Å²) in [5.41, 5.74) is 1.95. The van der Waals surface area contributed by atoms with E-state index in [9.17, 15) is 4.79 Å². The molecule has 3 rings (SSSR count). The third-order valence-corrected chi connectivity index (χ3v) is 4.68. The second-order valence-electron chi connectivity index (χ2n) is 5.13. The highest BCUT2D eigenvalue weighted by Crippen LogP contribution is 2.22. The van der Waals surface area contributed by atoms with E-state index in [4.69, 9.17) is 11.6 Å². The van der Waals surface area contributed by atoms with Gasteiger partial charge in [0.1, 0.15) is 5.01 Å². The first kappa shape index (κ1) is 15.0. The predicted molar refractivity (Wildman–Crippen MR) is 91.3 cm³/mol. The molecule has 0 saturated heterocycles. The van der Waals surface area contributed by atoms with Crippen molar-refractivity contribution >= 4 is 39.1 Å². The fourth-order valence-electron chi connectivity index (χ4n) is 2.19. The van der Waals surface area contributed by atoms with Gasteiger partial charge in [0.15, 0.2) is 0 Å². The van der Waals surface area contributed by atoms with Gasteiger partial charge in [0, 0.05) is 12.1 Å². The van der Waals surface area contributed by atoms with Crippen molar-refractivity contribution in [2.24, 2.45) is 0 Å². The molecule has 0 aliphatic carbocycles. The standard InChI is InChI=1S/C17H15ClN2OS/c1-20(17(21)10-12-6-8-13(18)9-7-12)11-16-19-14-4-2-3-5-15(14)22-16/h2-9H,10-11H2,1H3. The Morgan fingerprint density at radius 3 is 2.64 bits per heavy atom. The number of hydrogen-bond donors (Lipinski definition) is 0. The topological polar surface area (TPSA) is 33.2 Å². The molecule has 0 bridgehead atoms. The van der Waals surface area contributed by atoms with E-state index in [-0.39, 0.29) is 5.91 Å². The van der Waals surface area contributed by atoms with Crippen molar-refractivity contribution < 1.29 is 4.79 Å². The number of amides is 1. The van der Waals surface area contributed by atoms with Gasteiger partial charge in [0.05, 0.1) is 23.2 Å². The van der Waals surface area contributed by atoms with Crippen molar-refractivity contribution in [2.75, 3.05) is 7.05 Å². The van der Waals surface area contributed by atoms with Gasteiger partial charge in [0.25, 0.3) is 0 Å². The van der Waals surface area contributed by atoms with Crippen molar-refractivity contribution in [3.8, 4) is 0 Å². The summed E-state index contributed by atoms with van der Waals surface area (Å²) < 4.78 is 1.15. The summed E-state index contributed by atoms with van der Waals surface area (Å²) in [4.78, 5) is 18.6. The lowest BCUT2D eigenvalue weighted by atomic mass is 10.1. The van der Waals surface area contributed by atoms with Crippen LogP contribution in [-0.2, 0) is 17.8 Å². The lowest BCUT2D eigenvalue weighted by Crippen LogP contribution is -2.27. The van der Waals surface area contributed by atoms with Crippen molar-refractivity contribution in [1.29, 1.82) is 0 Å². The van der Waals surface area contributed by atoms with Crippen LogP contribution in [0.4, 0.5) is 0 Å². The number of rotatable bonds is 4. The number of benzene rings is 2. The Bertz CT molecular complexity index is 765. The maximum atomic E-state index is 12.3. The number of halogens is 1. The molecule has 0 unspecified atom stereocenters. The van der Waals surface area contributed by atoms with Crippen molar-refractivity contribution in [3.63, 3.8) is 0 Å². The summed E-state index contributed by atoms with van der Waals surface area (Å²) in [6.07, 6.45) is 0.374. The highest BCUT2D eigenvalue weighted by atomic mass is 35.5. The number of thiazole rings is 1. The van der Waals surface area contributed by atoms with Gasteiger partial charge in [0.2, 0.25) is 5.91 Å². The lowest BCUT2D eigenvalue weighted by Gasteiger charge is -2.15. The number of fused-ring (bicyclic) bond motifs is 1. The molecule has 0 N–H and O–H groups in total. The smallest absolute Gasteiger partial charge is 0.227 e. The molecular weight excluding hydrogens is 316 g/mol. The Morgan fingerprint density at radius 2 is 1.91 bits per heavy atom. The molecule has 112 valence electrons. The van der Waals surface area contributed by atoms with Crippen LogP contribution in [0.2, 0.25) is 5.02 Å². The molecule has 5 heteroatoms.